The monoisotopic (exact) mass is 309 g/mol. The van der Waals surface area contributed by atoms with Gasteiger partial charge in [-0.1, -0.05) is 0 Å². The lowest BCUT2D eigenvalue weighted by Gasteiger charge is -2.13. The first kappa shape index (κ1) is 15.3. The molecule has 112 valence electrons. The molecule has 0 saturated carbocycles. The van der Waals surface area contributed by atoms with E-state index in [0.29, 0.717) is 17.1 Å². The first-order chi connectivity index (χ1) is 9.81. The Kier molecular flexibility index (Phi) is 4.15. The van der Waals surface area contributed by atoms with Crippen molar-refractivity contribution < 1.29 is 12.8 Å². The molecule has 0 fully saturated rings. The molecule has 5 nitrogen and oxygen atoms in total. The maximum Gasteiger partial charge on any atom is 0.242 e. The molecule has 0 radical (unpaired) electrons. The Labute approximate surface area is 123 Å². The maximum atomic E-state index is 13.4. The molecule has 0 atom stereocenters. The van der Waals surface area contributed by atoms with Crippen molar-refractivity contribution in [3.8, 4) is 0 Å². The third-order valence-corrected chi connectivity index (χ3v) is 4.34. The van der Waals surface area contributed by atoms with Gasteiger partial charge < -0.3 is 11.1 Å². The molecule has 0 aliphatic rings. The number of benzene rings is 2. The Hall–Kier alpha value is -2.12. The summed E-state index contributed by atoms with van der Waals surface area (Å²) in [6.07, 6.45) is 0. The number of anilines is 3. The van der Waals surface area contributed by atoms with Crippen LogP contribution in [-0.4, -0.2) is 15.5 Å². The van der Waals surface area contributed by atoms with Gasteiger partial charge in [-0.05, 0) is 55.9 Å². The Morgan fingerprint density at radius 1 is 1.14 bits per heavy atom. The average Bonchev–Trinajstić information content (AvgIpc) is 2.39. The SMILES string of the molecule is CNS(=O)(=O)c1cc(N)ccc1Nc1cc(C)cc(F)c1. The minimum absolute atomic E-state index is 0.00640. The molecule has 21 heavy (non-hydrogen) atoms. The van der Waals surface area contributed by atoms with Crippen LogP contribution in [0.25, 0.3) is 0 Å². The Morgan fingerprint density at radius 2 is 1.86 bits per heavy atom. The predicted molar refractivity (Wildman–Crippen MR) is 81.5 cm³/mol. The lowest BCUT2D eigenvalue weighted by atomic mass is 10.2. The molecule has 0 aliphatic heterocycles. The van der Waals surface area contributed by atoms with Crippen LogP contribution in [0.5, 0.6) is 0 Å². The zero-order valence-corrected chi connectivity index (χ0v) is 12.5. The van der Waals surface area contributed by atoms with Crippen LogP contribution in [0.15, 0.2) is 41.3 Å². The van der Waals surface area contributed by atoms with E-state index in [0.717, 1.165) is 5.56 Å². The largest absolute Gasteiger partial charge is 0.399 e. The minimum atomic E-state index is -3.68. The summed E-state index contributed by atoms with van der Waals surface area (Å²) in [7, 11) is -2.36. The summed E-state index contributed by atoms with van der Waals surface area (Å²) in [4.78, 5) is 0.00640. The number of rotatable bonds is 4. The van der Waals surface area contributed by atoms with Crippen molar-refractivity contribution in [2.24, 2.45) is 0 Å². The van der Waals surface area contributed by atoms with Crippen LogP contribution < -0.4 is 15.8 Å². The lowest BCUT2D eigenvalue weighted by Crippen LogP contribution is -2.20. The quantitative estimate of drug-likeness (QED) is 0.757. The molecule has 0 heterocycles. The fourth-order valence-corrected chi connectivity index (χ4v) is 2.86. The van der Waals surface area contributed by atoms with E-state index in [2.05, 4.69) is 10.0 Å². The highest BCUT2D eigenvalue weighted by Gasteiger charge is 2.17. The van der Waals surface area contributed by atoms with Crippen molar-refractivity contribution in [2.75, 3.05) is 18.1 Å². The molecule has 0 aromatic heterocycles. The van der Waals surface area contributed by atoms with Crippen LogP contribution in [0.3, 0.4) is 0 Å². The normalized spacial score (nSPS) is 11.4. The molecule has 2 aromatic rings. The fraction of sp³-hybridized carbons (Fsp3) is 0.143. The van der Waals surface area contributed by atoms with E-state index in [1.807, 2.05) is 0 Å². The predicted octanol–water partition coefficient (Wildman–Crippen LogP) is 2.37. The molecule has 0 amide bonds. The highest BCUT2D eigenvalue weighted by Crippen LogP contribution is 2.27. The van der Waals surface area contributed by atoms with Crippen LogP contribution in [0.4, 0.5) is 21.5 Å². The van der Waals surface area contributed by atoms with E-state index >= 15 is 0 Å². The van der Waals surface area contributed by atoms with Gasteiger partial charge in [0.15, 0.2) is 0 Å². The summed E-state index contributed by atoms with van der Waals surface area (Å²) in [5.74, 6) is -0.397. The first-order valence-corrected chi connectivity index (χ1v) is 7.67. The third kappa shape index (κ3) is 3.50. The van der Waals surface area contributed by atoms with Crippen molar-refractivity contribution in [1.82, 2.24) is 4.72 Å². The highest BCUT2D eigenvalue weighted by molar-refractivity contribution is 7.89. The fourth-order valence-electron chi connectivity index (χ4n) is 1.94. The lowest BCUT2D eigenvalue weighted by molar-refractivity contribution is 0.588. The summed E-state index contributed by atoms with van der Waals surface area (Å²) in [6.45, 7) is 1.75. The van der Waals surface area contributed by atoms with E-state index < -0.39 is 15.8 Å². The molecule has 0 unspecified atom stereocenters. The van der Waals surface area contributed by atoms with Gasteiger partial charge in [0, 0.05) is 11.4 Å². The minimum Gasteiger partial charge on any atom is -0.399 e. The van der Waals surface area contributed by atoms with Gasteiger partial charge in [0.05, 0.1) is 5.69 Å². The zero-order chi connectivity index (χ0) is 15.6. The van der Waals surface area contributed by atoms with Gasteiger partial charge >= 0.3 is 0 Å². The van der Waals surface area contributed by atoms with Gasteiger partial charge in [0.2, 0.25) is 10.0 Å². The van der Waals surface area contributed by atoms with Gasteiger partial charge in [-0.3, -0.25) is 0 Å². The summed E-state index contributed by atoms with van der Waals surface area (Å²) in [5, 5.41) is 2.91. The van der Waals surface area contributed by atoms with Gasteiger partial charge in [-0.2, -0.15) is 0 Å². The number of sulfonamides is 1. The summed E-state index contributed by atoms with van der Waals surface area (Å²) in [5.41, 5.74) is 7.48. The van der Waals surface area contributed by atoms with E-state index in [1.165, 1.54) is 25.2 Å². The molecule has 0 aliphatic carbocycles. The molecule has 2 aromatic carbocycles. The van der Waals surface area contributed by atoms with E-state index in [9.17, 15) is 12.8 Å². The zero-order valence-electron chi connectivity index (χ0n) is 11.6. The number of aryl methyl sites for hydroxylation is 1. The van der Waals surface area contributed by atoms with Crippen LogP contribution in [0.1, 0.15) is 5.56 Å². The number of nitrogens with two attached hydrogens (primary N) is 1. The molecular formula is C14H16FN3O2S. The average molecular weight is 309 g/mol. The van der Waals surface area contributed by atoms with Crippen LogP contribution >= 0.6 is 0 Å². The van der Waals surface area contributed by atoms with Crippen molar-refractivity contribution >= 4 is 27.1 Å². The number of hydrogen-bond acceptors (Lipinski definition) is 4. The smallest absolute Gasteiger partial charge is 0.242 e. The topological polar surface area (TPSA) is 84.2 Å². The second-order valence-corrected chi connectivity index (χ2v) is 6.46. The van der Waals surface area contributed by atoms with Gasteiger partial charge in [0.25, 0.3) is 0 Å². The Morgan fingerprint density at radius 3 is 2.48 bits per heavy atom. The third-order valence-electron chi connectivity index (χ3n) is 2.89. The standard InChI is InChI=1S/C14H16FN3O2S/c1-9-5-10(15)7-12(6-9)18-13-4-3-11(16)8-14(13)21(19,20)17-2/h3-8,17-18H,16H2,1-2H3. The maximum absolute atomic E-state index is 13.4. The van der Waals surface area contributed by atoms with Gasteiger partial charge in [0.1, 0.15) is 10.7 Å². The number of hydrogen-bond donors (Lipinski definition) is 3. The molecule has 0 spiro atoms. The number of nitrogens with one attached hydrogen (secondary N) is 2. The van der Waals surface area contributed by atoms with E-state index in [4.69, 9.17) is 5.73 Å². The first-order valence-electron chi connectivity index (χ1n) is 6.19. The summed E-state index contributed by atoms with van der Waals surface area (Å²) >= 11 is 0. The van der Waals surface area contributed by atoms with Gasteiger partial charge in [-0.25, -0.2) is 17.5 Å². The van der Waals surface area contributed by atoms with Crippen LogP contribution in [0, 0.1) is 12.7 Å². The van der Waals surface area contributed by atoms with Crippen molar-refractivity contribution in [3.05, 3.63) is 47.8 Å². The molecule has 4 N–H and O–H groups in total. The molecule has 0 bridgehead atoms. The number of halogens is 1. The number of nitrogen functional groups attached to an aromatic ring is 1. The molecule has 2 rings (SSSR count). The van der Waals surface area contributed by atoms with Gasteiger partial charge in [-0.15, -0.1) is 0 Å². The molecule has 7 heteroatoms. The second kappa shape index (κ2) is 5.71. The molecular weight excluding hydrogens is 293 g/mol. The highest BCUT2D eigenvalue weighted by atomic mass is 32.2. The van der Waals surface area contributed by atoms with E-state index in [-0.39, 0.29) is 4.90 Å². The second-order valence-electron chi connectivity index (χ2n) is 4.61. The summed E-state index contributed by atoms with van der Waals surface area (Å²) in [6, 6.07) is 8.86. The van der Waals surface area contributed by atoms with Crippen LogP contribution in [0.2, 0.25) is 0 Å². The van der Waals surface area contributed by atoms with E-state index in [1.54, 1.807) is 25.1 Å². The van der Waals surface area contributed by atoms with Crippen molar-refractivity contribution in [3.63, 3.8) is 0 Å². The van der Waals surface area contributed by atoms with Crippen LogP contribution in [-0.2, 0) is 10.0 Å². The van der Waals surface area contributed by atoms with Crippen molar-refractivity contribution in [2.45, 2.75) is 11.8 Å². The summed E-state index contributed by atoms with van der Waals surface area (Å²) < 4.78 is 39.7. The van der Waals surface area contributed by atoms with Crippen molar-refractivity contribution in [1.29, 1.82) is 0 Å². The Bertz CT molecular complexity index is 756. The Balaban J connectivity index is 2.49. The molecule has 0 saturated heterocycles.